The Kier molecular flexibility index (Phi) is 3.45. The van der Waals surface area contributed by atoms with Crippen molar-refractivity contribution in [2.24, 2.45) is 0 Å². The number of rotatable bonds is 4. The third-order valence-electron chi connectivity index (χ3n) is 4.13. The summed E-state index contributed by atoms with van der Waals surface area (Å²) in [4.78, 5) is 12.0. The average Bonchev–Trinajstić information content (AvgIpc) is 2.43. The van der Waals surface area contributed by atoms with Gasteiger partial charge in [-0.25, -0.2) is 0 Å². The topological polar surface area (TPSA) is 49.3 Å². The number of hydrogen-bond acceptors (Lipinski definition) is 2. The molecule has 2 aromatic carbocycles. The van der Waals surface area contributed by atoms with Crippen LogP contribution in [0.1, 0.15) is 24.8 Å². The molecule has 0 radical (unpaired) electrons. The van der Waals surface area contributed by atoms with E-state index in [-0.39, 0.29) is 5.91 Å². The number of carbonyl (C=O) groups is 1. The summed E-state index contributed by atoms with van der Waals surface area (Å²) >= 11 is 0. The van der Waals surface area contributed by atoms with Crippen molar-refractivity contribution in [2.45, 2.75) is 31.3 Å². The fourth-order valence-corrected chi connectivity index (χ4v) is 2.71. The lowest BCUT2D eigenvalue weighted by Gasteiger charge is -2.36. The molecule has 3 heteroatoms. The van der Waals surface area contributed by atoms with Crippen LogP contribution in [0.2, 0.25) is 0 Å². The van der Waals surface area contributed by atoms with Crippen LogP contribution >= 0.6 is 0 Å². The zero-order chi connectivity index (χ0) is 14.0. The minimum absolute atomic E-state index is 0.0262. The van der Waals surface area contributed by atoms with E-state index in [2.05, 4.69) is 5.32 Å². The smallest absolute Gasteiger partial charge is 0.224 e. The Morgan fingerprint density at radius 1 is 1.15 bits per heavy atom. The SMILES string of the molecule is O=C(Cc1cccc2ccccc12)NCC1(O)CCC1. The molecule has 1 amide bonds. The maximum atomic E-state index is 12.0. The van der Waals surface area contributed by atoms with E-state index in [0.717, 1.165) is 35.6 Å². The van der Waals surface area contributed by atoms with E-state index in [1.54, 1.807) is 0 Å². The highest BCUT2D eigenvalue weighted by molar-refractivity contribution is 5.90. The van der Waals surface area contributed by atoms with Gasteiger partial charge >= 0.3 is 0 Å². The van der Waals surface area contributed by atoms with Gasteiger partial charge in [0.2, 0.25) is 5.91 Å². The van der Waals surface area contributed by atoms with Gasteiger partial charge in [0.1, 0.15) is 0 Å². The van der Waals surface area contributed by atoms with Gasteiger partial charge in [-0.3, -0.25) is 4.79 Å². The minimum Gasteiger partial charge on any atom is -0.388 e. The Hall–Kier alpha value is -1.87. The molecule has 3 nitrogen and oxygen atoms in total. The second kappa shape index (κ2) is 5.25. The van der Waals surface area contributed by atoms with E-state index in [4.69, 9.17) is 0 Å². The van der Waals surface area contributed by atoms with Gasteiger partial charge in [0, 0.05) is 6.54 Å². The summed E-state index contributed by atoms with van der Waals surface area (Å²) in [6.07, 6.45) is 3.00. The zero-order valence-electron chi connectivity index (χ0n) is 11.4. The van der Waals surface area contributed by atoms with Crippen molar-refractivity contribution in [2.75, 3.05) is 6.54 Å². The predicted molar refractivity (Wildman–Crippen MR) is 79.5 cm³/mol. The van der Waals surface area contributed by atoms with Crippen LogP contribution in [0.4, 0.5) is 0 Å². The van der Waals surface area contributed by atoms with Gasteiger partial charge in [0.05, 0.1) is 12.0 Å². The molecule has 2 N–H and O–H groups in total. The Morgan fingerprint density at radius 2 is 1.90 bits per heavy atom. The number of carbonyl (C=O) groups excluding carboxylic acids is 1. The molecular formula is C17H19NO2. The van der Waals surface area contributed by atoms with Crippen molar-refractivity contribution < 1.29 is 9.90 Å². The van der Waals surface area contributed by atoms with Gasteiger partial charge in [0.25, 0.3) is 0 Å². The molecule has 0 atom stereocenters. The van der Waals surface area contributed by atoms with Crippen LogP contribution in [0.3, 0.4) is 0 Å². The molecule has 1 saturated carbocycles. The first kappa shape index (κ1) is 13.1. The van der Waals surface area contributed by atoms with E-state index in [1.807, 2.05) is 42.5 Å². The molecule has 3 rings (SSSR count). The summed E-state index contributed by atoms with van der Waals surface area (Å²) in [5.74, 6) is -0.0262. The van der Waals surface area contributed by atoms with Crippen LogP contribution in [0.15, 0.2) is 42.5 Å². The Bertz CT molecular complexity index is 626. The lowest BCUT2D eigenvalue weighted by molar-refractivity contribution is -0.122. The summed E-state index contributed by atoms with van der Waals surface area (Å²) in [6, 6.07) is 14.1. The molecular weight excluding hydrogens is 250 g/mol. The summed E-state index contributed by atoms with van der Waals surface area (Å²) in [5.41, 5.74) is 0.371. The normalized spacial score (nSPS) is 16.6. The van der Waals surface area contributed by atoms with Crippen molar-refractivity contribution in [3.8, 4) is 0 Å². The molecule has 20 heavy (non-hydrogen) atoms. The first-order chi connectivity index (χ1) is 9.66. The van der Waals surface area contributed by atoms with E-state index in [1.165, 1.54) is 0 Å². The van der Waals surface area contributed by atoms with Crippen molar-refractivity contribution in [3.63, 3.8) is 0 Å². The molecule has 0 aromatic heterocycles. The number of aliphatic hydroxyl groups is 1. The highest BCUT2D eigenvalue weighted by atomic mass is 16.3. The van der Waals surface area contributed by atoms with Crippen molar-refractivity contribution in [3.05, 3.63) is 48.0 Å². The van der Waals surface area contributed by atoms with Crippen LogP contribution in [-0.4, -0.2) is 23.2 Å². The molecule has 104 valence electrons. The number of amides is 1. The third-order valence-corrected chi connectivity index (χ3v) is 4.13. The minimum atomic E-state index is -0.658. The molecule has 2 aromatic rings. The van der Waals surface area contributed by atoms with Gasteiger partial charge in [0.15, 0.2) is 0 Å². The first-order valence-electron chi connectivity index (χ1n) is 7.12. The maximum Gasteiger partial charge on any atom is 0.224 e. The molecule has 0 saturated heterocycles. The standard InChI is InChI=1S/C17H19NO2/c19-16(18-12-17(20)9-4-10-17)11-14-7-3-6-13-5-1-2-8-15(13)14/h1-3,5-8,20H,4,9-12H2,(H,18,19). The highest BCUT2D eigenvalue weighted by Gasteiger charge is 2.34. The molecule has 1 aliphatic carbocycles. The number of fused-ring (bicyclic) bond motifs is 1. The van der Waals surface area contributed by atoms with E-state index >= 15 is 0 Å². The van der Waals surface area contributed by atoms with Gasteiger partial charge in [-0.15, -0.1) is 0 Å². The van der Waals surface area contributed by atoms with Gasteiger partial charge < -0.3 is 10.4 Å². The number of nitrogens with one attached hydrogen (secondary N) is 1. The average molecular weight is 269 g/mol. The predicted octanol–water partition coefficient (Wildman–Crippen LogP) is 2.41. The van der Waals surface area contributed by atoms with E-state index in [0.29, 0.717) is 13.0 Å². The van der Waals surface area contributed by atoms with Gasteiger partial charge in [-0.05, 0) is 35.6 Å². The highest BCUT2D eigenvalue weighted by Crippen LogP contribution is 2.30. The maximum absolute atomic E-state index is 12.0. The summed E-state index contributed by atoms with van der Waals surface area (Å²) in [6.45, 7) is 0.372. The van der Waals surface area contributed by atoms with Crippen LogP contribution in [0, 0.1) is 0 Å². The largest absolute Gasteiger partial charge is 0.388 e. The van der Waals surface area contributed by atoms with Crippen molar-refractivity contribution in [1.82, 2.24) is 5.32 Å². The van der Waals surface area contributed by atoms with E-state index < -0.39 is 5.60 Å². The number of hydrogen-bond donors (Lipinski definition) is 2. The molecule has 0 unspecified atom stereocenters. The molecule has 1 aliphatic rings. The monoisotopic (exact) mass is 269 g/mol. The quantitative estimate of drug-likeness (QED) is 0.895. The van der Waals surface area contributed by atoms with Crippen molar-refractivity contribution in [1.29, 1.82) is 0 Å². The molecule has 0 aliphatic heterocycles. The second-order valence-corrected chi connectivity index (χ2v) is 5.67. The summed E-state index contributed by atoms with van der Waals surface area (Å²) in [7, 11) is 0. The Morgan fingerprint density at radius 3 is 2.65 bits per heavy atom. The van der Waals surface area contributed by atoms with Crippen LogP contribution < -0.4 is 5.32 Å². The lowest BCUT2D eigenvalue weighted by atomic mass is 9.80. The second-order valence-electron chi connectivity index (χ2n) is 5.67. The molecule has 0 bridgehead atoms. The summed E-state index contributed by atoms with van der Waals surface area (Å²) in [5, 5.41) is 15.1. The molecule has 0 spiro atoms. The Balaban J connectivity index is 1.68. The molecule has 0 heterocycles. The zero-order valence-corrected chi connectivity index (χ0v) is 11.4. The molecule has 1 fully saturated rings. The lowest BCUT2D eigenvalue weighted by Crippen LogP contribution is -2.48. The first-order valence-corrected chi connectivity index (χ1v) is 7.12. The Labute approximate surface area is 118 Å². The van der Waals surface area contributed by atoms with E-state index in [9.17, 15) is 9.90 Å². The van der Waals surface area contributed by atoms with Gasteiger partial charge in [-0.1, -0.05) is 42.5 Å². The van der Waals surface area contributed by atoms with Crippen molar-refractivity contribution >= 4 is 16.7 Å². The summed E-state index contributed by atoms with van der Waals surface area (Å²) < 4.78 is 0. The van der Waals surface area contributed by atoms with Crippen LogP contribution in [-0.2, 0) is 11.2 Å². The van der Waals surface area contributed by atoms with Crippen LogP contribution in [0.25, 0.3) is 10.8 Å². The fraction of sp³-hybridized carbons (Fsp3) is 0.353. The van der Waals surface area contributed by atoms with Gasteiger partial charge in [-0.2, -0.15) is 0 Å². The van der Waals surface area contributed by atoms with Crippen LogP contribution in [0.5, 0.6) is 0 Å². The number of benzene rings is 2. The third kappa shape index (κ3) is 2.68. The fourth-order valence-electron chi connectivity index (χ4n) is 2.71.